The monoisotopic (exact) mass is 458 g/mol. The summed E-state index contributed by atoms with van der Waals surface area (Å²) in [6.07, 6.45) is 1.65. The molecule has 0 aliphatic heterocycles. The molecule has 0 aliphatic carbocycles. The van der Waals surface area contributed by atoms with Crippen LogP contribution in [0.5, 0.6) is 0 Å². The number of aryl methyl sites for hydroxylation is 2. The van der Waals surface area contributed by atoms with Gasteiger partial charge in [-0.05, 0) is 43.7 Å². The van der Waals surface area contributed by atoms with Gasteiger partial charge in [-0.25, -0.2) is 4.79 Å². The molecule has 2 amide bonds. The molecule has 3 N–H and O–H groups in total. The van der Waals surface area contributed by atoms with Crippen LogP contribution in [0.15, 0.2) is 65.3 Å². The smallest absolute Gasteiger partial charge is 0.326 e. The number of fused-ring (bicyclic) bond motifs is 1. The molecule has 4 aromatic rings. The number of para-hydroxylation sites is 1. The van der Waals surface area contributed by atoms with Crippen molar-refractivity contribution < 1.29 is 24.0 Å². The number of benzene rings is 2. The lowest BCUT2D eigenvalue weighted by atomic mass is 10.0. The van der Waals surface area contributed by atoms with Crippen LogP contribution < -0.4 is 10.6 Å². The highest BCUT2D eigenvalue weighted by Crippen LogP contribution is 2.19. The molecule has 4 rings (SSSR count). The molecule has 2 aromatic carbocycles. The standard InChI is InChI=1S/C25H22N4O5/c1-14-22(15(2)34-29-14)24(31)28-21(25(32)33)13-16-7-9-17(10-8-16)27-23(30)19-11-12-26-20-6-4-3-5-18(19)20/h3-12,21H,13H2,1-2H3,(H,27,30)(H,28,31)(H,32,33). The molecule has 2 heterocycles. The summed E-state index contributed by atoms with van der Waals surface area (Å²) in [4.78, 5) is 41.3. The van der Waals surface area contributed by atoms with Crippen LogP contribution in [0, 0.1) is 13.8 Å². The lowest BCUT2D eigenvalue weighted by Gasteiger charge is -2.15. The molecule has 172 valence electrons. The first-order valence-electron chi connectivity index (χ1n) is 10.5. The molecule has 9 nitrogen and oxygen atoms in total. The van der Waals surface area contributed by atoms with Crippen molar-refractivity contribution in [3.05, 3.63) is 88.9 Å². The number of aliphatic carboxylic acids is 1. The lowest BCUT2D eigenvalue weighted by Crippen LogP contribution is -2.42. The summed E-state index contributed by atoms with van der Waals surface area (Å²) in [6, 6.07) is 14.7. The number of hydrogen-bond acceptors (Lipinski definition) is 6. The quantitative estimate of drug-likeness (QED) is 0.386. The maximum absolute atomic E-state index is 12.8. The molecule has 0 fully saturated rings. The van der Waals surface area contributed by atoms with Crippen molar-refractivity contribution in [2.45, 2.75) is 26.3 Å². The number of carboxylic acids is 1. The maximum atomic E-state index is 12.8. The molecule has 2 aromatic heterocycles. The van der Waals surface area contributed by atoms with Crippen molar-refractivity contribution in [2.75, 3.05) is 5.32 Å². The van der Waals surface area contributed by atoms with E-state index in [0.29, 0.717) is 28.3 Å². The fourth-order valence-corrected chi connectivity index (χ4v) is 3.69. The third-order valence-corrected chi connectivity index (χ3v) is 5.41. The van der Waals surface area contributed by atoms with Crippen molar-refractivity contribution in [1.29, 1.82) is 0 Å². The van der Waals surface area contributed by atoms with Crippen molar-refractivity contribution in [3.63, 3.8) is 0 Å². The van der Waals surface area contributed by atoms with Crippen molar-refractivity contribution in [3.8, 4) is 0 Å². The minimum atomic E-state index is -1.16. The van der Waals surface area contributed by atoms with E-state index in [1.165, 1.54) is 0 Å². The number of pyridine rings is 1. The number of carbonyl (C=O) groups excluding carboxylic acids is 2. The number of nitrogens with zero attached hydrogens (tertiary/aromatic N) is 2. The molecule has 0 spiro atoms. The first-order chi connectivity index (χ1) is 16.3. The minimum Gasteiger partial charge on any atom is -0.480 e. The van der Waals surface area contributed by atoms with Crippen LogP contribution in [0.25, 0.3) is 10.9 Å². The van der Waals surface area contributed by atoms with Crippen LogP contribution in [-0.4, -0.2) is 39.1 Å². The summed E-state index contributed by atoms with van der Waals surface area (Å²) in [7, 11) is 0. The highest BCUT2D eigenvalue weighted by Gasteiger charge is 2.25. The number of hydrogen-bond donors (Lipinski definition) is 3. The van der Waals surface area contributed by atoms with E-state index in [4.69, 9.17) is 4.52 Å². The molecular formula is C25H22N4O5. The lowest BCUT2D eigenvalue weighted by molar-refractivity contribution is -0.139. The average molecular weight is 458 g/mol. The Bertz CT molecular complexity index is 1350. The Morgan fingerprint density at radius 1 is 1.00 bits per heavy atom. The minimum absolute atomic E-state index is 0.0632. The average Bonchev–Trinajstić information content (AvgIpc) is 3.17. The molecule has 1 unspecified atom stereocenters. The number of anilines is 1. The van der Waals surface area contributed by atoms with Gasteiger partial charge >= 0.3 is 5.97 Å². The van der Waals surface area contributed by atoms with E-state index in [2.05, 4.69) is 20.8 Å². The van der Waals surface area contributed by atoms with Gasteiger partial charge in [0.25, 0.3) is 11.8 Å². The Hall–Kier alpha value is -4.53. The Balaban J connectivity index is 1.44. The molecule has 0 bridgehead atoms. The van der Waals surface area contributed by atoms with Gasteiger partial charge in [-0.2, -0.15) is 0 Å². The van der Waals surface area contributed by atoms with Crippen LogP contribution in [0.4, 0.5) is 5.69 Å². The molecular weight excluding hydrogens is 436 g/mol. The highest BCUT2D eigenvalue weighted by atomic mass is 16.5. The molecule has 1 atom stereocenters. The fourth-order valence-electron chi connectivity index (χ4n) is 3.69. The summed E-state index contributed by atoms with van der Waals surface area (Å²) in [5.41, 5.74) is 3.08. The van der Waals surface area contributed by atoms with E-state index in [9.17, 15) is 19.5 Å². The predicted octanol–water partition coefficient (Wildman–Crippen LogP) is 3.52. The van der Waals surface area contributed by atoms with Crippen LogP contribution in [0.3, 0.4) is 0 Å². The Morgan fingerprint density at radius 2 is 1.74 bits per heavy atom. The highest BCUT2D eigenvalue weighted by molar-refractivity contribution is 6.12. The van der Waals surface area contributed by atoms with Crippen LogP contribution in [0.1, 0.15) is 37.7 Å². The second-order valence-electron chi connectivity index (χ2n) is 7.79. The first kappa shape index (κ1) is 22.7. The number of rotatable bonds is 7. The summed E-state index contributed by atoms with van der Waals surface area (Å²) in [5.74, 6) is -1.68. The molecule has 0 radical (unpaired) electrons. The van der Waals surface area contributed by atoms with E-state index in [0.717, 1.165) is 10.9 Å². The number of nitrogens with one attached hydrogen (secondary N) is 2. The van der Waals surface area contributed by atoms with Gasteiger partial charge in [0, 0.05) is 23.7 Å². The zero-order valence-electron chi connectivity index (χ0n) is 18.5. The van der Waals surface area contributed by atoms with Crippen molar-refractivity contribution in [2.24, 2.45) is 0 Å². The van der Waals surface area contributed by atoms with Crippen LogP contribution in [-0.2, 0) is 11.2 Å². The van der Waals surface area contributed by atoms with Crippen molar-refractivity contribution >= 4 is 34.4 Å². The molecule has 0 saturated heterocycles. The maximum Gasteiger partial charge on any atom is 0.326 e. The first-order valence-corrected chi connectivity index (χ1v) is 10.5. The van der Waals surface area contributed by atoms with E-state index in [1.54, 1.807) is 50.4 Å². The second kappa shape index (κ2) is 9.53. The summed E-state index contributed by atoms with van der Waals surface area (Å²) in [6.45, 7) is 3.20. The summed E-state index contributed by atoms with van der Waals surface area (Å²) < 4.78 is 4.98. The van der Waals surface area contributed by atoms with Gasteiger partial charge in [0.15, 0.2) is 0 Å². The number of amides is 2. The zero-order valence-corrected chi connectivity index (χ0v) is 18.5. The predicted molar refractivity (Wildman–Crippen MR) is 125 cm³/mol. The second-order valence-corrected chi connectivity index (χ2v) is 7.79. The third-order valence-electron chi connectivity index (χ3n) is 5.41. The largest absolute Gasteiger partial charge is 0.480 e. The van der Waals surface area contributed by atoms with Gasteiger partial charge in [0.2, 0.25) is 0 Å². The van der Waals surface area contributed by atoms with Gasteiger partial charge in [-0.15, -0.1) is 0 Å². The zero-order chi connectivity index (χ0) is 24.2. The van der Waals surface area contributed by atoms with E-state index in [-0.39, 0.29) is 17.9 Å². The summed E-state index contributed by atoms with van der Waals surface area (Å²) in [5, 5.41) is 19.4. The molecule has 34 heavy (non-hydrogen) atoms. The number of aromatic nitrogens is 2. The Morgan fingerprint density at radius 3 is 2.41 bits per heavy atom. The van der Waals surface area contributed by atoms with Gasteiger partial charge in [-0.1, -0.05) is 35.5 Å². The van der Waals surface area contributed by atoms with Gasteiger partial charge in [0.05, 0.1) is 16.8 Å². The normalized spacial score (nSPS) is 11.7. The van der Waals surface area contributed by atoms with E-state index < -0.39 is 17.9 Å². The van der Waals surface area contributed by atoms with Crippen molar-refractivity contribution in [1.82, 2.24) is 15.5 Å². The number of carboxylic acid groups (broad SMARTS) is 1. The van der Waals surface area contributed by atoms with Crippen LogP contribution >= 0.6 is 0 Å². The third kappa shape index (κ3) is 4.78. The molecule has 0 saturated carbocycles. The molecule has 9 heteroatoms. The van der Waals surface area contributed by atoms with E-state index >= 15 is 0 Å². The van der Waals surface area contributed by atoms with Gasteiger partial charge in [0.1, 0.15) is 17.4 Å². The topological polar surface area (TPSA) is 134 Å². The van der Waals surface area contributed by atoms with Gasteiger partial charge in [-0.3, -0.25) is 14.6 Å². The SMILES string of the molecule is Cc1noc(C)c1C(=O)NC(Cc1ccc(NC(=O)c2ccnc3ccccc23)cc1)C(=O)O. The fraction of sp³-hybridized carbons (Fsp3) is 0.160. The summed E-state index contributed by atoms with van der Waals surface area (Å²) >= 11 is 0. The van der Waals surface area contributed by atoms with Gasteiger partial charge < -0.3 is 20.3 Å². The van der Waals surface area contributed by atoms with Crippen LogP contribution in [0.2, 0.25) is 0 Å². The Kier molecular flexibility index (Phi) is 6.35. The van der Waals surface area contributed by atoms with E-state index in [1.807, 2.05) is 24.3 Å². The number of carbonyl (C=O) groups is 3. The Labute approximate surface area is 194 Å². The molecule has 0 aliphatic rings.